The van der Waals surface area contributed by atoms with Crippen molar-refractivity contribution >= 4 is 39.0 Å². The van der Waals surface area contributed by atoms with Crippen molar-refractivity contribution < 1.29 is 4.42 Å². The monoisotopic (exact) mass is 705 g/mol. The van der Waals surface area contributed by atoms with E-state index in [9.17, 15) is 0 Å². The number of rotatable bonds is 5. The minimum atomic E-state index is -0.345. The molecule has 0 bridgehead atoms. The normalized spacial score (nSPS) is 14.4. The third kappa shape index (κ3) is 4.49. The molecule has 2 heteroatoms. The van der Waals surface area contributed by atoms with E-state index in [-0.39, 0.29) is 10.8 Å². The molecule has 2 aliphatic carbocycles. The van der Waals surface area contributed by atoms with Crippen LogP contribution in [-0.2, 0) is 10.8 Å². The summed E-state index contributed by atoms with van der Waals surface area (Å²) in [4.78, 5) is 2.38. The SMILES string of the molecule is CC1(C)c2ccccc2-c2ccc(N(c3ccccc3)c3ccc(-c4cccc5oc6cccc(C7(C)c8ccccc8-c8ccccc87)c6c45)cc3)cc21. The van der Waals surface area contributed by atoms with E-state index >= 15 is 0 Å². The van der Waals surface area contributed by atoms with Gasteiger partial charge in [-0.15, -0.1) is 0 Å². The molecule has 55 heavy (non-hydrogen) atoms. The Labute approximate surface area is 322 Å². The van der Waals surface area contributed by atoms with Crippen molar-refractivity contribution in [1.82, 2.24) is 0 Å². The average molecular weight is 706 g/mol. The first-order valence-corrected chi connectivity index (χ1v) is 19.3. The molecular weight excluding hydrogens is 667 g/mol. The molecule has 1 heterocycles. The number of benzene rings is 8. The summed E-state index contributed by atoms with van der Waals surface area (Å²) in [5.41, 5.74) is 19.1. The maximum atomic E-state index is 6.68. The summed E-state index contributed by atoms with van der Waals surface area (Å²) >= 11 is 0. The van der Waals surface area contributed by atoms with Crippen molar-refractivity contribution in [2.24, 2.45) is 0 Å². The highest BCUT2D eigenvalue weighted by Gasteiger charge is 2.42. The van der Waals surface area contributed by atoms with Gasteiger partial charge in [0, 0.05) is 38.7 Å². The first kappa shape index (κ1) is 31.8. The second-order valence-corrected chi connectivity index (χ2v) is 15.8. The third-order valence-electron chi connectivity index (χ3n) is 12.6. The zero-order chi connectivity index (χ0) is 36.9. The third-order valence-corrected chi connectivity index (χ3v) is 12.6. The number of furan rings is 1. The van der Waals surface area contributed by atoms with Crippen molar-refractivity contribution in [2.45, 2.75) is 31.6 Å². The number of fused-ring (bicyclic) bond motifs is 9. The van der Waals surface area contributed by atoms with Crippen LogP contribution in [0.5, 0.6) is 0 Å². The quantitative estimate of drug-likeness (QED) is 0.177. The molecule has 0 unspecified atom stereocenters. The van der Waals surface area contributed by atoms with Gasteiger partial charge >= 0.3 is 0 Å². The molecule has 2 aliphatic rings. The van der Waals surface area contributed by atoms with Crippen molar-refractivity contribution in [3.8, 4) is 33.4 Å². The lowest BCUT2D eigenvalue weighted by atomic mass is 9.72. The topological polar surface area (TPSA) is 16.4 Å². The van der Waals surface area contributed by atoms with Crippen LogP contribution in [0.25, 0.3) is 55.3 Å². The lowest BCUT2D eigenvalue weighted by Crippen LogP contribution is -2.22. The van der Waals surface area contributed by atoms with Gasteiger partial charge in [0.2, 0.25) is 0 Å². The zero-order valence-electron chi connectivity index (χ0n) is 31.2. The maximum absolute atomic E-state index is 6.68. The van der Waals surface area contributed by atoms with E-state index in [2.05, 4.69) is 208 Å². The molecule has 0 amide bonds. The Balaban J connectivity index is 1.06. The highest BCUT2D eigenvalue weighted by molar-refractivity contribution is 6.14. The van der Waals surface area contributed by atoms with Crippen LogP contribution < -0.4 is 4.90 Å². The number of para-hydroxylation sites is 1. The van der Waals surface area contributed by atoms with E-state index in [4.69, 9.17) is 4.42 Å². The lowest BCUT2D eigenvalue weighted by Gasteiger charge is -2.29. The maximum Gasteiger partial charge on any atom is 0.136 e. The van der Waals surface area contributed by atoms with Gasteiger partial charge in [0.25, 0.3) is 0 Å². The van der Waals surface area contributed by atoms with Gasteiger partial charge in [0.15, 0.2) is 0 Å². The van der Waals surface area contributed by atoms with Gasteiger partial charge in [-0.05, 0) is 117 Å². The molecule has 0 saturated heterocycles. The molecule has 2 nitrogen and oxygen atoms in total. The lowest BCUT2D eigenvalue weighted by molar-refractivity contribution is 0.660. The summed E-state index contributed by atoms with van der Waals surface area (Å²) in [7, 11) is 0. The first-order valence-electron chi connectivity index (χ1n) is 19.3. The van der Waals surface area contributed by atoms with E-state index in [1.807, 2.05) is 0 Å². The smallest absolute Gasteiger partial charge is 0.136 e. The predicted molar refractivity (Wildman–Crippen MR) is 229 cm³/mol. The van der Waals surface area contributed by atoms with Crippen LogP contribution in [0.2, 0.25) is 0 Å². The van der Waals surface area contributed by atoms with E-state index in [1.54, 1.807) is 0 Å². The van der Waals surface area contributed by atoms with E-state index in [1.165, 1.54) is 61.0 Å². The molecule has 262 valence electrons. The molecule has 0 fully saturated rings. The van der Waals surface area contributed by atoms with Gasteiger partial charge in [-0.1, -0.05) is 147 Å². The van der Waals surface area contributed by atoms with Gasteiger partial charge in [0.05, 0.1) is 0 Å². The molecule has 0 N–H and O–H groups in total. The summed E-state index contributed by atoms with van der Waals surface area (Å²) < 4.78 is 6.68. The van der Waals surface area contributed by atoms with Crippen LogP contribution in [0, 0.1) is 0 Å². The average Bonchev–Trinajstić information content (AvgIpc) is 3.83. The molecule has 0 radical (unpaired) electrons. The number of nitrogens with zero attached hydrogens (tertiary/aromatic N) is 1. The van der Waals surface area contributed by atoms with Gasteiger partial charge in [-0.3, -0.25) is 0 Å². The molecule has 1 aromatic heterocycles. The Morgan fingerprint density at radius 1 is 0.364 bits per heavy atom. The Morgan fingerprint density at radius 2 is 0.855 bits per heavy atom. The second-order valence-electron chi connectivity index (χ2n) is 15.8. The molecule has 9 aromatic rings. The van der Waals surface area contributed by atoms with Crippen LogP contribution in [0.4, 0.5) is 17.1 Å². The molecule has 0 atom stereocenters. The molecular formula is C53H39NO. The van der Waals surface area contributed by atoms with Crippen LogP contribution in [0.3, 0.4) is 0 Å². The fraction of sp³-hybridized carbons (Fsp3) is 0.0943. The molecule has 11 rings (SSSR count). The standard InChI is InChI=1S/C53H39NO/c1-52(2)43-21-10-7-17-39(43)42-32-31-37(33-47(42)52)54(35-15-5-4-6-16-35)36-29-27-34(28-30-36)38-20-13-25-48-50(38)51-46(24-14-26-49(51)55-48)53(3)44-22-11-8-18-40(44)41-19-9-12-23-45(41)53/h4-33H,1-3H3. The van der Waals surface area contributed by atoms with Crippen molar-refractivity contribution in [3.63, 3.8) is 0 Å². The fourth-order valence-electron chi connectivity index (χ4n) is 9.91. The van der Waals surface area contributed by atoms with Gasteiger partial charge in [0.1, 0.15) is 11.2 Å². The number of anilines is 3. The summed E-state index contributed by atoms with van der Waals surface area (Å²) in [5, 5.41) is 2.34. The van der Waals surface area contributed by atoms with Gasteiger partial charge in [-0.25, -0.2) is 0 Å². The summed E-state index contributed by atoms with van der Waals surface area (Å²) in [6, 6.07) is 66.5. The van der Waals surface area contributed by atoms with Crippen LogP contribution in [0.1, 0.15) is 48.6 Å². The molecule has 0 aliphatic heterocycles. The zero-order valence-corrected chi connectivity index (χ0v) is 31.2. The minimum Gasteiger partial charge on any atom is -0.456 e. The van der Waals surface area contributed by atoms with Crippen LogP contribution >= 0.6 is 0 Å². The van der Waals surface area contributed by atoms with E-state index in [0.29, 0.717) is 0 Å². The highest BCUT2D eigenvalue weighted by atomic mass is 16.3. The fourth-order valence-corrected chi connectivity index (χ4v) is 9.91. The Hall–Kier alpha value is -6.64. The minimum absolute atomic E-state index is 0.0845. The van der Waals surface area contributed by atoms with Crippen molar-refractivity contribution in [2.75, 3.05) is 4.90 Å². The second kappa shape index (κ2) is 11.7. The van der Waals surface area contributed by atoms with E-state index < -0.39 is 0 Å². The van der Waals surface area contributed by atoms with Crippen LogP contribution in [0.15, 0.2) is 186 Å². The van der Waals surface area contributed by atoms with Gasteiger partial charge < -0.3 is 9.32 Å². The van der Waals surface area contributed by atoms with Crippen LogP contribution in [-0.4, -0.2) is 0 Å². The Morgan fingerprint density at radius 3 is 1.55 bits per heavy atom. The molecule has 0 spiro atoms. The largest absolute Gasteiger partial charge is 0.456 e. The molecule has 8 aromatic carbocycles. The summed E-state index contributed by atoms with van der Waals surface area (Å²) in [6.45, 7) is 7.08. The molecule has 0 saturated carbocycles. The predicted octanol–water partition coefficient (Wildman–Crippen LogP) is 14.4. The summed E-state index contributed by atoms with van der Waals surface area (Å²) in [5.74, 6) is 0. The van der Waals surface area contributed by atoms with E-state index in [0.717, 1.165) is 39.2 Å². The number of hydrogen-bond acceptors (Lipinski definition) is 2. The Kier molecular flexibility index (Phi) is 6.76. The summed E-state index contributed by atoms with van der Waals surface area (Å²) in [6.07, 6.45) is 0. The van der Waals surface area contributed by atoms with Gasteiger partial charge in [-0.2, -0.15) is 0 Å². The first-order chi connectivity index (χ1) is 26.9. The van der Waals surface area contributed by atoms with Crippen molar-refractivity contribution in [1.29, 1.82) is 0 Å². The van der Waals surface area contributed by atoms with Crippen molar-refractivity contribution in [3.05, 3.63) is 210 Å². The number of hydrogen-bond donors (Lipinski definition) is 0. The Bertz CT molecular complexity index is 2920. The highest BCUT2D eigenvalue weighted by Crippen LogP contribution is 2.55.